The number of nitrogens with zero attached hydrogens (tertiary/aromatic N) is 1. The molecule has 0 spiro atoms. The standard InChI is InChI=1S/C19H33N2O7PSSi/c1-19(2,3)31(7,8)28-15-13(10-12-29(24,25-4)26-5)27-17(16(15)30-6)21-11-9-14(22)20-18(21)23/h9-13,15-17H,1-8H3,(H,20,22,23)/b12-10+/t13-,15-,16-,17-/m1/s1. The first-order valence-corrected chi connectivity index (χ1v) is 15.7. The predicted octanol–water partition coefficient (Wildman–Crippen LogP) is 3.56. The molecule has 0 aromatic carbocycles. The molecule has 2 heterocycles. The molecule has 0 saturated carbocycles. The quantitative estimate of drug-likeness (QED) is 0.433. The Hall–Kier alpha value is -0.943. The molecule has 176 valence electrons. The lowest BCUT2D eigenvalue weighted by molar-refractivity contribution is 0.00709. The SMILES string of the molecule is COP(=O)(/C=C/[C@H]1O[C@@H](n2ccc(=O)[nH]c2=O)[C@H](SC)[C@@H]1O[Si](C)(C)C(C)(C)C)OC. The normalized spacial score (nSPS) is 25.4. The highest BCUT2D eigenvalue weighted by Gasteiger charge is 2.50. The molecule has 0 aliphatic carbocycles. The molecular formula is C19H33N2O7PSSi. The van der Waals surface area contributed by atoms with Crippen molar-refractivity contribution in [3.05, 3.63) is 45.0 Å². The third-order valence-electron chi connectivity index (χ3n) is 5.83. The van der Waals surface area contributed by atoms with Gasteiger partial charge in [0.25, 0.3) is 5.56 Å². The van der Waals surface area contributed by atoms with Gasteiger partial charge in [0.2, 0.25) is 0 Å². The van der Waals surface area contributed by atoms with E-state index in [9.17, 15) is 14.2 Å². The Labute approximate surface area is 188 Å². The molecule has 1 aliphatic heterocycles. The number of ether oxygens (including phenoxy) is 1. The highest BCUT2D eigenvalue weighted by Crippen LogP contribution is 2.49. The summed E-state index contributed by atoms with van der Waals surface area (Å²) in [6.07, 6.45) is 3.24. The van der Waals surface area contributed by atoms with Crippen molar-refractivity contribution in [2.45, 2.75) is 62.6 Å². The van der Waals surface area contributed by atoms with Crippen molar-refractivity contribution in [1.82, 2.24) is 9.55 Å². The largest absolute Gasteiger partial charge is 0.410 e. The minimum atomic E-state index is -3.41. The van der Waals surface area contributed by atoms with E-state index in [-0.39, 0.29) is 10.3 Å². The minimum Gasteiger partial charge on any atom is -0.410 e. The summed E-state index contributed by atoms with van der Waals surface area (Å²) in [5, 5.41) is -0.303. The van der Waals surface area contributed by atoms with Gasteiger partial charge in [0.15, 0.2) is 14.5 Å². The summed E-state index contributed by atoms with van der Waals surface area (Å²) in [5.41, 5.74) is -1.04. The number of H-pyrrole nitrogens is 1. The molecule has 1 saturated heterocycles. The van der Waals surface area contributed by atoms with E-state index >= 15 is 0 Å². The second-order valence-corrected chi connectivity index (χ2v) is 16.7. The Morgan fingerprint density at radius 3 is 2.35 bits per heavy atom. The number of hydrogen-bond acceptors (Lipinski definition) is 8. The van der Waals surface area contributed by atoms with Gasteiger partial charge < -0.3 is 18.2 Å². The van der Waals surface area contributed by atoms with E-state index in [4.69, 9.17) is 18.2 Å². The molecule has 1 aromatic heterocycles. The van der Waals surface area contributed by atoms with Crippen molar-refractivity contribution in [2.75, 3.05) is 20.5 Å². The van der Waals surface area contributed by atoms with Crippen molar-refractivity contribution >= 4 is 27.7 Å². The van der Waals surface area contributed by atoms with Crippen molar-refractivity contribution in [1.29, 1.82) is 0 Å². The van der Waals surface area contributed by atoms with Gasteiger partial charge in [-0.3, -0.25) is 18.9 Å². The zero-order valence-electron chi connectivity index (χ0n) is 19.3. The molecule has 31 heavy (non-hydrogen) atoms. The van der Waals surface area contributed by atoms with Gasteiger partial charge in [-0.1, -0.05) is 20.8 Å². The summed E-state index contributed by atoms with van der Waals surface area (Å²) in [6, 6.07) is 1.28. The first-order chi connectivity index (χ1) is 14.3. The van der Waals surface area contributed by atoms with Crippen LogP contribution in [-0.2, 0) is 22.8 Å². The highest BCUT2D eigenvalue weighted by molar-refractivity contribution is 7.99. The molecule has 0 bridgehead atoms. The van der Waals surface area contributed by atoms with Gasteiger partial charge in [-0.2, -0.15) is 11.8 Å². The fourth-order valence-electron chi connectivity index (χ4n) is 2.96. The summed E-state index contributed by atoms with van der Waals surface area (Å²) in [6.45, 7) is 10.7. The fraction of sp³-hybridized carbons (Fsp3) is 0.684. The maximum absolute atomic E-state index is 12.5. The lowest BCUT2D eigenvalue weighted by Gasteiger charge is -2.40. The number of aromatic amines is 1. The molecule has 1 aromatic rings. The van der Waals surface area contributed by atoms with Crippen molar-refractivity contribution in [2.24, 2.45) is 0 Å². The van der Waals surface area contributed by atoms with E-state index in [0.29, 0.717) is 0 Å². The number of hydrogen-bond donors (Lipinski definition) is 1. The maximum atomic E-state index is 12.5. The van der Waals surface area contributed by atoms with Crippen LogP contribution < -0.4 is 11.2 Å². The van der Waals surface area contributed by atoms with Gasteiger partial charge in [0, 0.05) is 32.3 Å². The molecular weight excluding hydrogens is 459 g/mol. The third-order valence-corrected chi connectivity index (χ3v) is 12.9. The van der Waals surface area contributed by atoms with Crippen LogP contribution in [0, 0.1) is 0 Å². The average Bonchev–Trinajstić information content (AvgIpc) is 3.01. The van der Waals surface area contributed by atoms with Crippen LogP contribution in [0.3, 0.4) is 0 Å². The average molecular weight is 493 g/mol. The Morgan fingerprint density at radius 2 is 1.87 bits per heavy atom. The van der Waals surface area contributed by atoms with Crippen molar-refractivity contribution in [3.8, 4) is 0 Å². The molecule has 12 heteroatoms. The molecule has 0 unspecified atom stereocenters. The molecule has 0 radical (unpaired) electrons. The summed E-state index contributed by atoms with van der Waals surface area (Å²) in [7, 11) is -3.01. The number of thioether (sulfide) groups is 1. The van der Waals surface area contributed by atoms with Crippen LogP contribution in [-0.4, -0.2) is 55.8 Å². The molecule has 9 nitrogen and oxygen atoms in total. The second-order valence-electron chi connectivity index (χ2n) is 8.80. The lowest BCUT2D eigenvalue weighted by Crippen LogP contribution is -2.48. The van der Waals surface area contributed by atoms with E-state index in [1.807, 2.05) is 6.26 Å². The van der Waals surface area contributed by atoms with Crippen LogP contribution in [0.4, 0.5) is 0 Å². The van der Waals surface area contributed by atoms with Gasteiger partial charge in [0.1, 0.15) is 6.10 Å². The second kappa shape index (κ2) is 9.90. The summed E-state index contributed by atoms with van der Waals surface area (Å²) >= 11 is 1.51. The predicted molar refractivity (Wildman–Crippen MR) is 125 cm³/mol. The monoisotopic (exact) mass is 492 g/mol. The van der Waals surface area contributed by atoms with Gasteiger partial charge in [-0.15, -0.1) is 0 Å². The molecule has 0 amide bonds. The van der Waals surface area contributed by atoms with Gasteiger partial charge in [0.05, 0.1) is 11.4 Å². The molecule has 2 rings (SSSR count). The molecule has 4 atom stereocenters. The Kier molecular flexibility index (Phi) is 8.41. The third kappa shape index (κ3) is 5.90. The fourth-order valence-corrected chi connectivity index (χ4v) is 6.05. The smallest absolute Gasteiger partial charge is 0.353 e. The molecule has 1 aliphatic rings. The van der Waals surface area contributed by atoms with Gasteiger partial charge in [-0.05, 0) is 30.5 Å². The van der Waals surface area contributed by atoms with Gasteiger partial charge in [-0.25, -0.2) is 4.79 Å². The van der Waals surface area contributed by atoms with E-state index in [1.165, 1.54) is 48.6 Å². The number of nitrogens with one attached hydrogen (secondary N) is 1. The Morgan fingerprint density at radius 1 is 1.26 bits per heavy atom. The van der Waals surface area contributed by atoms with Crippen molar-refractivity contribution in [3.63, 3.8) is 0 Å². The van der Waals surface area contributed by atoms with Crippen LogP contribution in [0.25, 0.3) is 0 Å². The molecule has 1 N–H and O–H groups in total. The van der Waals surface area contributed by atoms with Crippen molar-refractivity contribution < 1.29 is 22.8 Å². The van der Waals surface area contributed by atoms with Crippen LogP contribution in [0.15, 0.2) is 33.7 Å². The zero-order valence-corrected chi connectivity index (χ0v) is 22.0. The Balaban J connectivity index is 2.51. The van der Waals surface area contributed by atoms with E-state index in [2.05, 4.69) is 38.8 Å². The van der Waals surface area contributed by atoms with Crippen LogP contribution >= 0.6 is 19.4 Å². The highest BCUT2D eigenvalue weighted by atomic mass is 32.2. The first-order valence-electron chi connectivity index (χ1n) is 9.86. The number of aromatic nitrogens is 2. The van der Waals surface area contributed by atoms with E-state index in [1.54, 1.807) is 6.08 Å². The number of rotatable bonds is 8. The lowest BCUT2D eigenvalue weighted by atomic mass is 10.1. The van der Waals surface area contributed by atoms with Gasteiger partial charge >= 0.3 is 13.3 Å². The van der Waals surface area contributed by atoms with E-state index in [0.717, 1.165) is 0 Å². The minimum absolute atomic E-state index is 0.0501. The van der Waals surface area contributed by atoms with Crippen LogP contribution in [0.5, 0.6) is 0 Å². The van der Waals surface area contributed by atoms with Crippen LogP contribution in [0.1, 0.15) is 27.0 Å². The molecule has 1 fully saturated rings. The Bertz CT molecular complexity index is 948. The van der Waals surface area contributed by atoms with Crippen LogP contribution in [0.2, 0.25) is 18.1 Å². The summed E-state index contributed by atoms with van der Waals surface area (Å²) in [5.74, 6) is 1.36. The topological polar surface area (TPSA) is 109 Å². The zero-order chi connectivity index (χ0) is 23.6. The van der Waals surface area contributed by atoms with E-state index < -0.39 is 45.6 Å². The maximum Gasteiger partial charge on any atom is 0.353 e. The summed E-state index contributed by atoms with van der Waals surface area (Å²) < 4.78 is 36.8. The summed E-state index contributed by atoms with van der Waals surface area (Å²) in [4.78, 5) is 26.2. The first kappa shape index (κ1) is 26.3.